The van der Waals surface area contributed by atoms with Gasteiger partial charge in [0.2, 0.25) is 0 Å². The third kappa shape index (κ3) is 2.74. The maximum Gasteiger partial charge on any atom is 0.135 e. The predicted octanol–water partition coefficient (Wildman–Crippen LogP) is 3.73. The lowest BCUT2D eigenvalue weighted by molar-refractivity contribution is 0.0775. The van der Waals surface area contributed by atoms with E-state index in [1.165, 1.54) is 25.7 Å². The molecule has 1 fully saturated rings. The van der Waals surface area contributed by atoms with E-state index < -0.39 is 6.10 Å². The Morgan fingerprint density at radius 1 is 1.30 bits per heavy atom. The minimum Gasteiger partial charge on any atom is -0.458 e. The third-order valence-electron chi connectivity index (χ3n) is 4.43. The summed E-state index contributed by atoms with van der Waals surface area (Å²) in [6.07, 6.45) is 4.63. The average molecular weight is 273 g/mol. The lowest BCUT2D eigenvalue weighted by Gasteiger charge is -2.28. The van der Waals surface area contributed by atoms with Crippen molar-refractivity contribution in [3.8, 4) is 0 Å². The van der Waals surface area contributed by atoms with Crippen LogP contribution in [0, 0.1) is 0 Å². The monoisotopic (exact) mass is 273 g/mol. The number of hydrogen-bond donors (Lipinski definition) is 1. The molecule has 1 saturated carbocycles. The van der Waals surface area contributed by atoms with Crippen LogP contribution >= 0.6 is 0 Å². The molecule has 0 radical (unpaired) electrons. The smallest absolute Gasteiger partial charge is 0.135 e. The molecule has 3 rings (SSSR count). The second kappa shape index (κ2) is 5.98. The van der Waals surface area contributed by atoms with Crippen molar-refractivity contribution < 1.29 is 9.52 Å². The molecule has 20 heavy (non-hydrogen) atoms. The van der Waals surface area contributed by atoms with Crippen LogP contribution < -0.4 is 0 Å². The summed E-state index contributed by atoms with van der Waals surface area (Å²) in [5.74, 6) is 0.683. The van der Waals surface area contributed by atoms with Gasteiger partial charge in [0.25, 0.3) is 0 Å². The van der Waals surface area contributed by atoms with Gasteiger partial charge in [0.1, 0.15) is 17.4 Å². The van der Waals surface area contributed by atoms with Gasteiger partial charge in [-0.1, -0.05) is 38.0 Å². The number of furan rings is 1. The van der Waals surface area contributed by atoms with Crippen LogP contribution in [-0.4, -0.2) is 29.1 Å². The summed E-state index contributed by atoms with van der Waals surface area (Å²) in [6.45, 7) is 3.83. The van der Waals surface area contributed by atoms with Crippen LogP contribution in [-0.2, 0) is 0 Å². The van der Waals surface area contributed by atoms with E-state index in [4.69, 9.17) is 4.42 Å². The van der Waals surface area contributed by atoms with Gasteiger partial charge in [0.15, 0.2) is 0 Å². The highest BCUT2D eigenvalue weighted by atomic mass is 16.4. The summed E-state index contributed by atoms with van der Waals surface area (Å²) in [4.78, 5) is 2.39. The maximum atomic E-state index is 10.4. The van der Waals surface area contributed by atoms with E-state index in [0.717, 1.165) is 17.5 Å². The number of nitrogens with zero attached hydrogens (tertiary/aromatic N) is 1. The molecule has 1 aromatic heterocycles. The number of likely N-dealkylation sites (N-methyl/N-ethyl adjacent to an activating group) is 1. The molecule has 0 aliphatic heterocycles. The van der Waals surface area contributed by atoms with Crippen molar-refractivity contribution in [2.45, 2.75) is 44.8 Å². The minimum absolute atomic E-state index is 0.539. The number of rotatable bonds is 5. The Hall–Kier alpha value is -1.32. The number of aliphatic hydroxyl groups excluding tert-OH is 1. The van der Waals surface area contributed by atoms with E-state index in [0.29, 0.717) is 18.3 Å². The van der Waals surface area contributed by atoms with Gasteiger partial charge in [-0.15, -0.1) is 0 Å². The molecular weight excluding hydrogens is 250 g/mol. The van der Waals surface area contributed by atoms with E-state index >= 15 is 0 Å². The molecule has 1 N–H and O–H groups in total. The van der Waals surface area contributed by atoms with Crippen molar-refractivity contribution in [3.63, 3.8) is 0 Å². The van der Waals surface area contributed by atoms with Crippen molar-refractivity contribution in [1.82, 2.24) is 4.90 Å². The summed E-state index contributed by atoms with van der Waals surface area (Å²) in [5, 5.41) is 11.5. The zero-order chi connectivity index (χ0) is 13.9. The fourth-order valence-corrected chi connectivity index (χ4v) is 3.28. The summed E-state index contributed by atoms with van der Waals surface area (Å²) in [7, 11) is 0. The topological polar surface area (TPSA) is 36.6 Å². The fourth-order valence-electron chi connectivity index (χ4n) is 3.28. The first-order chi connectivity index (χ1) is 9.78. The maximum absolute atomic E-state index is 10.4. The summed E-state index contributed by atoms with van der Waals surface area (Å²) >= 11 is 0. The van der Waals surface area contributed by atoms with Crippen LogP contribution in [0.5, 0.6) is 0 Å². The lowest BCUT2D eigenvalue weighted by atomic mass is 10.1. The summed E-state index contributed by atoms with van der Waals surface area (Å²) < 4.78 is 5.76. The molecule has 1 aromatic carbocycles. The molecule has 0 saturated heterocycles. The van der Waals surface area contributed by atoms with Gasteiger partial charge in [-0.2, -0.15) is 0 Å². The van der Waals surface area contributed by atoms with Gasteiger partial charge in [-0.3, -0.25) is 4.90 Å². The number of aliphatic hydroxyl groups is 1. The Bertz CT molecular complexity index is 524. The Morgan fingerprint density at radius 2 is 2.05 bits per heavy atom. The molecular formula is C17H23NO2. The Labute approximate surface area is 120 Å². The highest BCUT2D eigenvalue weighted by Crippen LogP contribution is 2.28. The zero-order valence-electron chi connectivity index (χ0n) is 12.1. The fraction of sp³-hybridized carbons (Fsp3) is 0.529. The standard InChI is InChI=1S/C17H23NO2/c1-2-18(14-8-4-5-9-14)12-15(19)17-11-13-7-3-6-10-16(13)20-17/h3,6-7,10-11,14-15,19H,2,4-5,8-9,12H2,1H3. The van der Waals surface area contributed by atoms with Gasteiger partial charge in [0.05, 0.1) is 0 Å². The summed E-state index contributed by atoms with van der Waals surface area (Å²) in [6, 6.07) is 10.5. The molecule has 0 bridgehead atoms. The van der Waals surface area contributed by atoms with E-state index in [1.807, 2.05) is 30.3 Å². The van der Waals surface area contributed by atoms with Crippen molar-refractivity contribution >= 4 is 11.0 Å². The third-order valence-corrected chi connectivity index (χ3v) is 4.43. The molecule has 0 spiro atoms. The molecule has 0 amide bonds. The highest BCUT2D eigenvalue weighted by Gasteiger charge is 2.24. The van der Waals surface area contributed by atoms with Gasteiger partial charge >= 0.3 is 0 Å². The van der Waals surface area contributed by atoms with E-state index in [9.17, 15) is 5.11 Å². The van der Waals surface area contributed by atoms with Crippen LogP contribution in [0.4, 0.5) is 0 Å². The molecule has 3 nitrogen and oxygen atoms in total. The summed E-state index contributed by atoms with van der Waals surface area (Å²) in [5.41, 5.74) is 0.852. The van der Waals surface area contributed by atoms with Crippen LogP contribution in [0.1, 0.15) is 44.5 Å². The van der Waals surface area contributed by atoms with E-state index in [2.05, 4.69) is 11.8 Å². The average Bonchev–Trinajstić information content (AvgIpc) is 3.13. The van der Waals surface area contributed by atoms with Crippen LogP contribution in [0.3, 0.4) is 0 Å². The predicted molar refractivity (Wildman–Crippen MR) is 80.7 cm³/mol. The van der Waals surface area contributed by atoms with E-state index in [-0.39, 0.29) is 0 Å². The molecule has 3 heteroatoms. The number of fused-ring (bicyclic) bond motifs is 1. The SMILES string of the molecule is CCN(CC(O)c1cc2ccccc2o1)C1CCCC1. The quantitative estimate of drug-likeness (QED) is 0.901. The molecule has 1 aliphatic carbocycles. The first kappa shape index (κ1) is 13.7. The number of benzene rings is 1. The molecule has 1 aliphatic rings. The van der Waals surface area contributed by atoms with Gasteiger partial charge in [-0.25, -0.2) is 0 Å². The van der Waals surface area contributed by atoms with Crippen molar-refractivity contribution in [1.29, 1.82) is 0 Å². The first-order valence-corrected chi connectivity index (χ1v) is 7.68. The van der Waals surface area contributed by atoms with Gasteiger partial charge in [-0.05, 0) is 31.5 Å². The second-order valence-electron chi connectivity index (χ2n) is 5.73. The molecule has 2 aromatic rings. The van der Waals surface area contributed by atoms with Crippen molar-refractivity contribution in [2.75, 3.05) is 13.1 Å². The normalized spacial score (nSPS) is 18.1. The van der Waals surface area contributed by atoms with Crippen LogP contribution in [0.25, 0.3) is 11.0 Å². The second-order valence-corrected chi connectivity index (χ2v) is 5.73. The van der Waals surface area contributed by atoms with Crippen LogP contribution in [0.15, 0.2) is 34.7 Å². The Balaban J connectivity index is 1.72. The van der Waals surface area contributed by atoms with Crippen LogP contribution in [0.2, 0.25) is 0 Å². The molecule has 1 unspecified atom stereocenters. The lowest BCUT2D eigenvalue weighted by Crippen LogP contribution is -2.36. The minimum atomic E-state index is -0.539. The number of para-hydroxylation sites is 1. The Morgan fingerprint density at radius 3 is 2.75 bits per heavy atom. The molecule has 1 heterocycles. The number of hydrogen-bond acceptors (Lipinski definition) is 3. The zero-order valence-corrected chi connectivity index (χ0v) is 12.1. The highest BCUT2D eigenvalue weighted by molar-refractivity contribution is 5.77. The largest absolute Gasteiger partial charge is 0.458 e. The van der Waals surface area contributed by atoms with Crippen molar-refractivity contribution in [3.05, 3.63) is 36.1 Å². The van der Waals surface area contributed by atoms with E-state index in [1.54, 1.807) is 0 Å². The van der Waals surface area contributed by atoms with Crippen molar-refractivity contribution in [2.24, 2.45) is 0 Å². The van der Waals surface area contributed by atoms with Gasteiger partial charge < -0.3 is 9.52 Å². The molecule has 108 valence electrons. The Kier molecular flexibility index (Phi) is 4.08. The van der Waals surface area contributed by atoms with Gasteiger partial charge in [0, 0.05) is 18.0 Å². The molecule has 1 atom stereocenters. The first-order valence-electron chi connectivity index (χ1n) is 7.68.